The quantitative estimate of drug-likeness (QED) is 0.806. The largest absolute Gasteiger partial charge is 0.342 e. The van der Waals surface area contributed by atoms with Gasteiger partial charge in [-0.1, -0.05) is 13.3 Å². The van der Waals surface area contributed by atoms with Crippen LogP contribution in [0.1, 0.15) is 45.4 Å². The minimum atomic E-state index is 0.257. The van der Waals surface area contributed by atoms with Crippen LogP contribution >= 0.6 is 0 Å². The Morgan fingerprint density at radius 2 is 2.15 bits per heavy atom. The third-order valence-corrected chi connectivity index (χ3v) is 4.97. The van der Waals surface area contributed by atoms with Crippen molar-refractivity contribution in [3.8, 4) is 0 Å². The zero-order valence-electron chi connectivity index (χ0n) is 13.2. The summed E-state index contributed by atoms with van der Waals surface area (Å²) in [4.78, 5) is 16.8. The molecule has 1 heterocycles. The zero-order valence-corrected chi connectivity index (χ0v) is 13.2. The number of nitrogens with zero attached hydrogens (tertiary/aromatic N) is 2. The molecular weight excluding hydrogens is 250 g/mol. The summed E-state index contributed by atoms with van der Waals surface area (Å²) < 4.78 is 0. The fourth-order valence-corrected chi connectivity index (χ4v) is 3.79. The maximum absolute atomic E-state index is 12.4. The minimum absolute atomic E-state index is 0.257. The molecular formula is C16H31N3O. The molecule has 1 aliphatic carbocycles. The van der Waals surface area contributed by atoms with Gasteiger partial charge < -0.3 is 15.5 Å². The van der Waals surface area contributed by atoms with Gasteiger partial charge in [0.05, 0.1) is 0 Å². The summed E-state index contributed by atoms with van der Waals surface area (Å²) in [6.45, 7) is 6.40. The van der Waals surface area contributed by atoms with Crippen molar-refractivity contribution in [3.05, 3.63) is 0 Å². The number of nitrogens with two attached hydrogens (primary N) is 1. The molecule has 0 spiro atoms. The van der Waals surface area contributed by atoms with Crippen molar-refractivity contribution < 1.29 is 4.79 Å². The predicted octanol–water partition coefficient (Wildman–Crippen LogP) is 1.69. The first-order valence-electron chi connectivity index (χ1n) is 8.32. The van der Waals surface area contributed by atoms with Gasteiger partial charge in [0.2, 0.25) is 5.91 Å². The Balaban J connectivity index is 1.73. The maximum atomic E-state index is 12.4. The molecule has 4 heteroatoms. The van der Waals surface area contributed by atoms with Crippen LogP contribution in [0.4, 0.5) is 0 Å². The van der Waals surface area contributed by atoms with Crippen molar-refractivity contribution in [2.75, 3.05) is 33.2 Å². The van der Waals surface area contributed by atoms with E-state index in [9.17, 15) is 4.79 Å². The second-order valence-electron chi connectivity index (χ2n) is 6.82. The van der Waals surface area contributed by atoms with Gasteiger partial charge >= 0.3 is 0 Å². The van der Waals surface area contributed by atoms with Crippen molar-refractivity contribution in [2.24, 2.45) is 17.6 Å². The molecule has 0 radical (unpaired) electrons. The molecule has 20 heavy (non-hydrogen) atoms. The van der Waals surface area contributed by atoms with Gasteiger partial charge in [-0.25, -0.2) is 0 Å². The lowest BCUT2D eigenvalue weighted by Crippen LogP contribution is -2.35. The van der Waals surface area contributed by atoms with Gasteiger partial charge in [0, 0.05) is 32.1 Å². The first kappa shape index (κ1) is 15.8. The van der Waals surface area contributed by atoms with E-state index >= 15 is 0 Å². The topological polar surface area (TPSA) is 49.6 Å². The van der Waals surface area contributed by atoms with E-state index in [1.807, 2.05) is 0 Å². The van der Waals surface area contributed by atoms with Crippen molar-refractivity contribution >= 4 is 5.91 Å². The number of likely N-dealkylation sites (tertiary alicyclic amines) is 1. The first-order valence-corrected chi connectivity index (χ1v) is 8.32. The zero-order chi connectivity index (χ0) is 14.5. The van der Waals surface area contributed by atoms with Gasteiger partial charge in [-0.05, 0) is 51.1 Å². The number of amides is 1. The Labute approximate surface area is 123 Å². The van der Waals surface area contributed by atoms with Crippen molar-refractivity contribution in [2.45, 2.75) is 51.5 Å². The molecule has 0 aromatic rings. The van der Waals surface area contributed by atoms with Gasteiger partial charge in [0.1, 0.15) is 0 Å². The molecule has 116 valence electrons. The molecule has 1 saturated carbocycles. The number of hydrogen-bond donors (Lipinski definition) is 1. The normalized spacial score (nSPS) is 30.4. The Morgan fingerprint density at radius 3 is 2.80 bits per heavy atom. The van der Waals surface area contributed by atoms with Gasteiger partial charge in [-0.2, -0.15) is 0 Å². The summed E-state index contributed by atoms with van der Waals surface area (Å²) in [5.74, 6) is 1.44. The third kappa shape index (κ3) is 4.19. The van der Waals surface area contributed by atoms with E-state index in [0.29, 0.717) is 24.2 Å². The number of carbonyl (C=O) groups is 1. The van der Waals surface area contributed by atoms with Crippen LogP contribution in [0.3, 0.4) is 0 Å². The minimum Gasteiger partial charge on any atom is -0.342 e. The summed E-state index contributed by atoms with van der Waals surface area (Å²) >= 11 is 0. The molecule has 2 aliphatic rings. The molecule has 1 aliphatic heterocycles. The lowest BCUT2D eigenvalue weighted by atomic mass is 9.99. The SMILES string of the molecule is CCCN(C)CC1CCN(C(=O)C[C@@H]2CCC[C@H]2N)C1. The van der Waals surface area contributed by atoms with E-state index < -0.39 is 0 Å². The first-order chi connectivity index (χ1) is 9.60. The maximum Gasteiger partial charge on any atom is 0.222 e. The Hall–Kier alpha value is -0.610. The molecule has 0 aromatic carbocycles. The summed E-state index contributed by atoms with van der Waals surface area (Å²) in [6.07, 6.45) is 6.48. The van der Waals surface area contributed by atoms with E-state index in [1.165, 1.54) is 12.8 Å². The van der Waals surface area contributed by atoms with E-state index in [1.54, 1.807) is 0 Å². The van der Waals surface area contributed by atoms with Crippen LogP contribution in [-0.2, 0) is 4.79 Å². The van der Waals surface area contributed by atoms with Crippen LogP contribution in [0.25, 0.3) is 0 Å². The number of carbonyl (C=O) groups excluding carboxylic acids is 1. The van der Waals surface area contributed by atoms with Crippen LogP contribution in [0.15, 0.2) is 0 Å². The molecule has 3 atom stereocenters. The van der Waals surface area contributed by atoms with Gasteiger partial charge in [-0.15, -0.1) is 0 Å². The monoisotopic (exact) mass is 281 g/mol. The fraction of sp³-hybridized carbons (Fsp3) is 0.938. The molecule has 1 unspecified atom stereocenters. The molecule has 0 aromatic heterocycles. The summed E-state index contributed by atoms with van der Waals surface area (Å²) in [7, 11) is 2.19. The molecule has 2 rings (SSSR count). The van der Waals surface area contributed by atoms with E-state index in [0.717, 1.165) is 45.4 Å². The van der Waals surface area contributed by atoms with E-state index in [4.69, 9.17) is 5.73 Å². The molecule has 4 nitrogen and oxygen atoms in total. The molecule has 0 bridgehead atoms. The van der Waals surface area contributed by atoms with Crippen LogP contribution < -0.4 is 5.73 Å². The second kappa shape index (κ2) is 7.41. The van der Waals surface area contributed by atoms with E-state index in [-0.39, 0.29) is 6.04 Å². The highest BCUT2D eigenvalue weighted by molar-refractivity contribution is 5.76. The second-order valence-corrected chi connectivity index (χ2v) is 6.82. The lowest BCUT2D eigenvalue weighted by molar-refractivity contribution is -0.131. The fourth-order valence-electron chi connectivity index (χ4n) is 3.79. The third-order valence-electron chi connectivity index (χ3n) is 4.97. The lowest BCUT2D eigenvalue weighted by Gasteiger charge is -2.22. The highest BCUT2D eigenvalue weighted by Crippen LogP contribution is 2.28. The summed E-state index contributed by atoms with van der Waals surface area (Å²) in [5, 5.41) is 0. The molecule has 2 N–H and O–H groups in total. The average molecular weight is 281 g/mol. The summed E-state index contributed by atoms with van der Waals surface area (Å²) in [6, 6.07) is 0.257. The Kier molecular flexibility index (Phi) is 5.85. The van der Waals surface area contributed by atoms with Gasteiger partial charge in [-0.3, -0.25) is 4.79 Å². The molecule has 1 saturated heterocycles. The highest BCUT2D eigenvalue weighted by Gasteiger charge is 2.31. The average Bonchev–Trinajstić information content (AvgIpc) is 3.00. The summed E-state index contributed by atoms with van der Waals surface area (Å²) in [5.41, 5.74) is 6.08. The van der Waals surface area contributed by atoms with Gasteiger partial charge in [0.25, 0.3) is 0 Å². The number of hydrogen-bond acceptors (Lipinski definition) is 3. The van der Waals surface area contributed by atoms with Crippen molar-refractivity contribution in [3.63, 3.8) is 0 Å². The number of rotatable bonds is 6. The van der Waals surface area contributed by atoms with E-state index in [2.05, 4.69) is 23.8 Å². The van der Waals surface area contributed by atoms with Gasteiger partial charge in [0.15, 0.2) is 0 Å². The standard InChI is InChI=1S/C16H31N3O/c1-3-8-18(2)11-13-7-9-19(12-13)16(20)10-14-5-4-6-15(14)17/h13-15H,3-12,17H2,1-2H3/t13?,14-,15+/m0/s1. The smallest absolute Gasteiger partial charge is 0.222 e. The molecule has 1 amide bonds. The van der Waals surface area contributed by atoms with Crippen LogP contribution in [-0.4, -0.2) is 55.0 Å². The van der Waals surface area contributed by atoms with Crippen molar-refractivity contribution in [1.29, 1.82) is 0 Å². The van der Waals surface area contributed by atoms with Crippen LogP contribution in [0, 0.1) is 11.8 Å². The van der Waals surface area contributed by atoms with Crippen molar-refractivity contribution in [1.82, 2.24) is 9.80 Å². The van der Waals surface area contributed by atoms with Crippen LogP contribution in [0.5, 0.6) is 0 Å². The Bertz CT molecular complexity index is 321. The Morgan fingerprint density at radius 1 is 1.35 bits per heavy atom. The highest BCUT2D eigenvalue weighted by atomic mass is 16.2. The predicted molar refractivity (Wildman–Crippen MR) is 82.4 cm³/mol. The van der Waals surface area contributed by atoms with Crippen LogP contribution in [0.2, 0.25) is 0 Å². The molecule has 2 fully saturated rings.